The van der Waals surface area contributed by atoms with Gasteiger partial charge in [0.25, 0.3) is 0 Å². The van der Waals surface area contributed by atoms with Crippen molar-refractivity contribution in [3.8, 4) is 0 Å². The molecule has 3 heteroatoms. The molecular weight excluding hydrogens is 182 g/mol. The summed E-state index contributed by atoms with van der Waals surface area (Å²) in [5.41, 5.74) is 1.34. The molecule has 1 aromatic rings. The van der Waals surface area contributed by atoms with Crippen molar-refractivity contribution in [1.29, 1.82) is 0 Å². The number of rotatable bonds is 1. The summed E-state index contributed by atoms with van der Waals surface area (Å²) in [5, 5.41) is 10.4. The zero-order valence-electron chi connectivity index (χ0n) is 7.44. The molecule has 70 valence electrons. The van der Waals surface area contributed by atoms with Gasteiger partial charge in [0.15, 0.2) is 0 Å². The van der Waals surface area contributed by atoms with Gasteiger partial charge < -0.3 is 5.11 Å². The molecule has 2 saturated carbocycles. The van der Waals surface area contributed by atoms with Crippen molar-refractivity contribution >= 4 is 11.3 Å². The monoisotopic (exact) mass is 195 g/mol. The zero-order chi connectivity index (χ0) is 8.89. The van der Waals surface area contributed by atoms with Crippen molar-refractivity contribution in [2.24, 2.45) is 11.8 Å². The second kappa shape index (κ2) is 2.55. The van der Waals surface area contributed by atoms with Crippen molar-refractivity contribution in [2.45, 2.75) is 31.3 Å². The average molecular weight is 195 g/mol. The summed E-state index contributed by atoms with van der Waals surface area (Å²) in [6.07, 6.45) is 6.84. The van der Waals surface area contributed by atoms with Gasteiger partial charge in [-0.15, -0.1) is 11.3 Å². The van der Waals surface area contributed by atoms with E-state index in [-0.39, 0.29) is 0 Å². The molecule has 1 aromatic heterocycles. The first-order valence-corrected chi connectivity index (χ1v) is 5.83. The Hall–Kier alpha value is -0.410. The highest BCUT2D eigenvalue weighted by Crippen LogP contribution is 2.64. The van der Waals surface area contributed by atoms with Gasteiger partial charge in [-0.2, -0.15) is 0 Å². The molecule has 0 aliphatic heterocycles. The summed E-state index contributed by atoms with van der Waals surface area (Å²) in [6.45, 7) is 0. The van der Waals surface area contributed by atoms with Gasteiger partial charge in [0.1, 0.15) is 5.60 Å². The van der Waals surface area contributed by atoms with E-state index in [0.29, 0.717) is 11.8 Å². The maximum absolute atomic E-state index is 10.4. The van der Waals surface area contributed by atoms with Gasteiger partial charge in [-0.1, -0.05) is 12.8 Å². The number of hydrogen-bond acceptors (Lipinski definition) is 3. The quantitative estimate of drug-likeness (QED) is 0.745. The van der Waals surface area contributed by atoms with Crippen molar-refractivity contribution < 1.29 is 5.11 Å². The van der Waals surface area contributed by atoms with Crippen molar-refractivity contribution in [3.63, 3.8) is 0 Å². The van der Waals surface area contributed by atoms with Crippen molar-refractivity contribution in [1.82, 2.24) is 4.98 Å². The van der Waals surface area contributed by atoms with E-state index in [9.17, 15) is 5.11 Å². The molecule has 3 rings (SSSR count). The minimum absolute atomic E-state index is 0.475. The van der Waals surface area contributed by atoms with Crippen LogP contribution in [-0.2, 0) is 5.60 Å². The molecule has 1 heterocycles. The summed E-state index contributed by atoms with van der Waals surface area (Å²) in [4.78, 5) is 5.13. The van der Waals surface area contributed by atoms with E-state index in [1.165, 1.54) is 25.7 Å². The highest BCUT2D eigenvalue weighted by atomic mass is 32.1. The summed E-state index contributed by atoms with van der Waals surface area (Å²) < 4.78 is 0. The van der Waals surface area contributed by atoms with E-state index >= 15 is 0 Å². The molecule has 1 N–H and O–H groups in total. The molecule has 2 nitrogen and oxygen atoms in total. The highest BCUT2D eigenvalue weighted by molar-refractivity contribution is 7.09. The lowest BCUT2D eigenvalue weighted by atomic mass is 10.0. The van der Waals surface area contributed by atoms with E-state index < -0.39 is 5.60 Å². The fraction of sp³-hybridized carbons (Fsp3) is 0.700. The Labute approximate surface area is 81.6 Å². The minimum atomic E-state index is -0.475. The van der Waals surface area contributed by atoms with Crippen molar-refractivity contribution in [2.75, 3.05) is 0 Å². The standard InChI is InChI=1S/C10H13NOS/c12-10(9-5-11-6-13-9)7-3-1-2-4-8(7)10/h5-8,12H,1-4H2. The van der Waals surface area contributed by atoms with Gasteiger partial charge in [-0.05, 0) is 24.7 Å². The second-order valence-electron chi connectivity index (χ2n) is 4.19. The first-order valence-electron chi connectivity index (χ1n) is 4.95. The average Bonchev–Trinajstić information content (AvgIpc) is 2.62. The molecule has 0 spiro atoms. The van der Waals surface area contributed by atoms with Gasteiger partial charge in [0.2, 0.25) is 0 Å². The third kappa shape index (κ3) is 0.945. The first kappa shape index (κ1) is 7.94. The maximum Gasteiger partial charge on any atom is 0.107 e. The van der Waals surface area contributed by atoms with Gasteiger partial charge in [0, 0.05) is 6.20 Å². The van der Waals surface area contributed by atoms with Crippen LogP contribution in [0.2, 0.25) is 0 Å². The maximum atomic E-state index is 10.4. The normalized spacial score (nSPS) is 42.8. The molecule has 13 heavy (non-hydrogen) atoms. The molecule has 2 fully saturated rings. The fourth-order valence-electron chi connectivity index (χ4n) is 2.87. The summed E-state index contributed by atoms with van der Waals surface area (Å²) in [6, 6.07) is 0. The van der Waals surface area contributed by atoms with Crippen LogP contribution < -0.4 is 0 Å². The van der Waals surface area contributed by atoms with Crippen LogP contribution in [-0.4, -0.2) is 10.1 Å². The third-order valence-electron chi connectivity index (χ3n) is 3.61. The van der Waals surface area contributed by atoms with Crippen molar-refractivity contribution in [3.05, 3.63) is 16.6 Å². The molecular formula is C10H13NOS. The Morgan fingerprint density at radius 3 is 2.62 bits per heavy atom. The molecule has 2 unspecified atom stereocenters. The summed E-state index contributed by atoms with van der Waals surface area (Å²) in [7, 11) is 0. The van der Waals surface area contributed by atoms with Crippen LogP contribution in [0.3, 0.4) is 0 Å². The third-order valence-corrected chi connectivity index (χ3v) is 4.53. The van der Waals surface area contributed by atoms with Gasteiger partial charge in [-0.3, -0.25) is 4.98 Å². The Bertz CT molecular complexity index is 297. The molecule has 2 aliphatic rings. The predicted octanol–water partition coefficient (Wildman–Crippen LogP) is 2.15. The van der Waals surface area contributed by atoms with E-state index in [2.05, 4.69) is 4.98 Å². The first-order chi connectivity index (χ1) is 6.33. The Kier molecular flexibility index (Phi) is 1.56. The molecule has 2 aliphatic carbocycles. The number of hydrogen-bond donors (Lipinski definition) is 1. The zero-order valence-corrected chi connectivity index (χ0v) is 8.26. The molecule has 0 bridgehead atoms. The molecule has 0 aromatic carbocycles. The SMILES string of the molecule is OC1(c2cncs2)C2CCCCC21. The van der Waals surface area contributed by atoms with E-state index in [4.69, 9.17) is 0 Å². The van der Waals surface area contributed by atoms with Gasteiger partial charge >= 0.3 is 0 Å². The van der Waals surface area contributed by atoms with E-state index in [1.54, 1.807) is 11.3 Å². The molecule has 2 atom stereocenters. The molecule has 0 radical (unpaired) electrons. The summed E-state index contributed by atoms with van der Waals surface area (Å²) >= 11 is 1.60. The number of nitrogens with zero attached hydrogens (tertiary/aromatic N) is 1. The predicted molar refractivity (Wildman–Crippen MR) is 51.5 cm³/mol. The smallest absolute Gasteiger partial charge is 0.107 e. The van der Waals surface area contributed by atoms with Crippen LogP contribution in [0.4, 0.5) is 0 Å². The van der Waals surface area contributed by atoms with Crippen LogP contribution in [0.25, 0.3) is 0 Å². The number of aromatic nitrogens is 1. The number of fused-ring (bicyclic) bond motifs is 1. The van der Waals surface area contributed by atoms with Gasteiger partial charge in [-0.25, -0.2) is 0 Å². The Balaban J connectivity index is 1.92. The Morgan fingerprint density at radius 2 is 2.08 bits per heavy atom. The highest BCUT2D eigenvalue weighted by Gasteiger charge is 2.65. The minimum Gasteiger partial charge on any atom is -0.384 e. The number of aliphatic hydroxyl groups is 1. The summed E-state index contributed by atoms with van der Waals surface area (Å²) in [5.74, 6) is 1.09. The van der Waals surface area contributed by atoms with Crippen LogP contribution in [0, 0.1) is 11.8 Å². The van der Waals surface area contributed by atoms with Crippen LogP contribution in [0.15, 0.2) is 11.7 Å². The Morgan fingerprint density at radius 1 is 1.38 bits per heavy atom. The van der Waals surface area contributed by atoms with Crippen LogP contribution in [0.5, 0.6) is 0 Å². The fourth-order valence-corrected chi connectivity index (χ4v) is 3.72. The number of thiazole rings is 1. The lowest BCUT2D eigenvalue weighted by molar-refractivity contribution is 0.122. The molecule has 0 amide bonds. The lowest BCUT2D eigenvalue weighted by Crippen LogP contribution is -2.07. The van der Waals surface area contributed by atoms with Crippen LogP contribution in [0.1, 0.15) is 30.6 Å². The molecule has 0 saturated heterocycles. The largest absolute Gasteiger partial charge is 0.384 e. The lowest BCUT2D eigenvalue weighted by Gasteiger charge is -2.05. The topological polar surface area (TPSA) is 33.1 Å². The van der Waals surface area contributed by atoms with Crippen LogP contribution >= 0.6 is 11.3 Å². The second-order valence-corrected chi connectivity index (χ2v) is 5.07. The van der Waals surface area contributed by atoms with E-state index in [0.717, 1.165) is 4.88 Å². The van der Waals surface area contributed by atoms with E-state index in [1.807, 2.05) is 11.7 Å². The van der Waals surface area contributed by atoms with Gasteiger partial charge in [0.05, 0.1) is 10.4 Å².